The second-order valence-corrected chi connectivity index (χ2v) is 9.20. The Balaban J connectivity index is 1.87. The lowest BCUT2D eigenvalue weighted by atomic mass is 10.2. The van der Waals surface area contributed by atoms with E-state index < -0.39 is 22.0 Å². The highest BCUT2D eigenvalue weighted by Crippen LogP contribution is 2.31. The number of halogens is 2. The van der Waals surface area contributed by atoms with Gasteiger partial charge in [-0.1, -0.05) is 29.3 Å². The van der Waals surface area contributed by atoms with E-state index >= 15 is 0 Å². The summed E-state index contributed by atoms with van der Waals surface area (Å²) in [5.41, 5.74) is 1.05. The van der Waals surface area contributed by atoms with Gasteiger partial charge in [0, 0.05) is 18.3 Å². The Kier molecular flexibility index (Phi) is 6.19. The molecule has 1 amide bonds. The molecule has 28 heavy (non-hydrogen) atoms. The van der Waals surface area contributed by atoms with Crippen LogP contribution in [0.4, 0.5) is 5.69 Å². The minimum Gasteiger partial charge on any atom is -0.497 e. The van der Waals surface area contributed by atoms with E-state index in [-0.39, 0.29) is 11.4 Å². The maximum atomic E-state index is 13.2. The number of rotatable bonds is 5. The van der Waals surface area contributed by atoms with Gasteiger partial charge in [0.05, 0.1) is 22.1 Å². The lowest BCUT2D eigenvalue weighted by Gasteiger charge is -2.24. The highest BCUT2D eigenvalue weighted by Gasteiger charge is 2.40. The van der Waals surface area contributed by atoms with Gasteiger partial charge in [0.2, 0.25) is 15.9 Å². The highest BCUT2D eigenvalue weighted by atomic mass is 35.5. The Bertz CT molecular complexity index is 1010. The van der Waals surface area contributed by atoms with Gasteiger partial charge in [-0.15, -0.1) is 0 Å². The first-order valence-corrected chi connectivity index (χ1v) is 10.9. The average Bonchev–Trinajstić information content (AvgIpc) is 3.16. The van der Waals surface area contributed by atoms with Crippen molar-refractivity contribution in [2.45, 2.75) is 30.7 Å². The van der Waals surface area contributed by atoms with Crippen LogP contribution >= 0.6 is 23.2 Å². The van der Waals surface area contributed by atoms with Gasteiger partial charge in [-0.3, -0.25) is 4.79 Å². The van der Waals surface area contributed by atoms with Crippen LogP contribution in [0.3, 0.4) is 0 Å². The minimum atomic E-state index is -3.86. The number of nitrogens with one attached hydrogen (secondary N) is 1. The van der Waals surface area contributed by atoms with Gasteiger partial charge in [-0.2, -0.15) is 4.31 Å². The van der Waals surface area contributed by atoms with Gasteiger partial charge in [0.1, 0.15) is 11.8 Å². The first-order chi connectivity index (χ1) is 13.2. The summed E-state index contributed by atoms with van der Waals surface area (Å²) >= 11 is 11.9. The first-order valence-electron chi connectivity index (χ1n) is 8.66. The van der Waals surface area contributed by atoms with Crippen LogP contribution in [-0.4, -0.2) is 38.3 Å². The smallest absolute Gasteiger partial charge is 0.244 e. The van der Waals surface area contributed by atoms with Crippen molar-refractivity contribution >= 4 is 44.8 Å². The predicted octanol–water partition coefficient (Wildman–Crippen LogP) is 4.10. The van der Waals surface area contributed by atoms with Crippen LogP contribution in [0.1, 0.15) is 18.4 Å². The van der Waals surface area contributed by atoms with E-state index in [0.717, 1.165) is 0 Å². The Morgan fingerprint density at radius 1 is 1.18 bits per heavy atom. The number of methoxy groups -OCH3 is 1. The van der Waals surface area contributed by atoms with Crippen molar-refractivity contribution < 1.29 is 17.9 Å². The number of benzene rings is 2. The van der Waals surface area contributed by atoms with Crippen LogP contribution in [-0.2, 0) is 14.8 Å². The van der Waals surface area contributed by atoms with Crippen molar-refractivity contribution in [2.24, 2.45) is 0 Å². The number of amides is 1. The molecule has 1 fully saturated rings. The van der Waals surface area contributed by atoms with E-state index in [4.69, 9.17) is 27.9 Å². The summed E-state index contributed by atoms with van der Waals surface area (Å²) in [6, 6.07) is 8.79. The molecule has 1 aliphatic rings. The van der Waals surface area contributed by atoms with Crippen LogP contribution in [0.25, 0.3) is 0 Å². The Labute approximate surface area is 174 Å². The third-order valence-corrected chi connectivity index (χ3v) is 7.46. The number of aryl methyl sites for hydroxylation is 1. The summed E-state index contributed by atoms with van der Waals surface area (Å²) in [4.78, 5) is 12.9. The quantitative estimate of drug-likeness (QED) is 0.755. The number of anilines is 1. The molecule has 0 spiro atoms. The number of hydrogen-bond acceptors (Lipinski definition) is 4. The average molecular weight is 443 g/mol. The van der Waals surface area contributed by atoms with Gasteiger partial charge < -0.3 is 10.1 Å². The number of carbonyl (C=O) groups excluding carboxylic acids is 1. The van der Waals surface area contributed by atoms with Crippen LogP contribution in [0.5, 0.6) is 5.75 Å². The number of nitrogens with zero attached hydrogens (tertiary/aromatic N) is 1. The van der Waals surface area contributed by atoms with Crippen LogP contribution in [0.2, 0.25) is 10.0 Å². The van der Waals surface area contributed by atoms with Crippen molar-refractivity contribution in [3.05, 3.63) is 52.0 Å². The molecule has 9 heteroatoms. The van der Waals surface area contributed by atoms with Gasteiger partial charge in [-0.05, 0) is 49.6 Å². The maximum absolute atomic E-state index is 13.2. The van der Waals surface area contributed by atoms with E-state index in [9.17, 15) is 13.2 Å². The zero-order valence-corrected chi connectivity index (χ0v) is 17.7. The normalized spacial score (nSPS) is 17.5. The molecule has 0 bridgehead atoms. The minimum absolute atomic E-state index is 0.140. The summed E-state index contributed by atoms with van der Waals surface area (Å²) in [6.07, 6.45) is 1.04. The lowest BCUT2D eigenvalue weighted by Crippen LogP contribution is -2.43. The zero-order valence-electron chi connectivity index (χ0n) is 15.4. The molecular weight excluding hydrogens is 423 g/mol. The number of carbonyl (C=O) groups is 1. The summed E-state index contributed by atoms with van der Waals surface area (Å²) in [6.45, 7) is 1.99. The monoisotopic (exact) mass is 442 g/mol. The number of hydrogen-bond donors (Lipinski definition) is 1. The lowest BCUT2D eigenvalue weighted by molar-refractivity contribution is -0.119. The molecule has 1 saturated heterocycles. The van der Waals surface area contributed by atoms with Crippen LogP contribution in [0, 0.1) is 6.92 Å². The van der Waals surface area contributed by atoms with Gasteiger partial charge >= 0.3 is 0 Å². The van der Waals surface area contributed by atoms with E-state index in [0.29, 0.717) is 39.9 Å². The van der Waals surface area contributed by atoms with Gasteiger partial charge in [0.25, 0.3) is 0 Å². The van der Waals surface area contributed by atoms with E-state index in [1.54, 1.807) is 31.2 Å². The second kappa shape index (κ2) is 8.29. The number of sulfonamides is 1. The van der Waals surface area contributed by atoms with Crippen LogP contribution in [0.15, 0.2) is 41.3 Å². The molecular formula is C19H20Cl2N2O4S. The standard InChI is InChI=1S/C19H20Cl2N2O4S/c1-12-5-7-14(27-2)11-18(12)28(25,26)23-9-3-4-17(23)19(24)22-13-6-8-15(20)16(21)10-13/h5-8,10-11,17H,3-4,9H2,1-2H3,(H,22,24). The van der Waals surface area contributed by atoms with Crippen molar-refractivity contribution in [1.82, 2.24) is 4.31 Å². The fraction of sp³-hybridized carbons (Fsp3) is 0.316. The summed E-state index contributed by atoms with van der Waals surface area (Å²) in [7, 11) is -2.38. The molecule has 0 aliphatic carbocycles. The molecule has 2 aromatic rings. The van der Waals surface area contributed by atoms with E-state index in [2.05, 4.69) is 5.32 Å². The molecule has 3 rings (SSSR count). The molecule has 1 atom stereocenters. The Morgan fingerprint density at radius 3 is 2.61 bits per heavy atom. The fourth-order valence-electron chi connectivity index (χ4n) is 3.20. The molecule has 0 radical (unpaired) electrons. The molecule has 0 aromatic heterocycles. The summed E-state index contributed by atoms with van der Waals surface area (Å²) in [5.74, 6) is 0.0418. The molecule has 1 N–H and O–H groups in total. The molecule has 150 valence electrons. The number of ether oxygens (including phenoxy) is 1. The SMILES string of the molecule is COc1ccc(C)c(S(=O)(=O)N2CCCC2C(=O)Nc2ccc(Cl)c(Cl)c2)c1. The summed E-state index contributed by atoms with van der Waals surface area (Å²) < 4.78 is 32.9. The fourth-order valence-corrected chi connectivity index (χ4v) is 5.40. The zero-order chi connectivity index (χ0) is 20.5. The molecule has 1 aliphatic heterocycles. The third-order valence-electron chi connectivity index (χ3n) is 4.68. The third kappa shape index (κ3) is 4.12. The van der Waals surface area contributed by atoms with Crippen molar-refractivity contribution in [3.8, 4) is 5.75 Å². The largest absolute Gasteiger partial charge is 0.497 e. The van der Waals surface area contributed by atoms with E-state index in [1.165, 1.54) is 23.5 Å². The molecule has 2 aromatic carbocycles. The van der Waals surface area contributed by atoms with Crippen LogP contribution < -0.4 is 10.1 Å². The van der Waals surface area contributed by atoms with Gasteiger partial charge in [-0.25, -0.2) is 8.42 Å². The molecule has 0 saturated carbocycles. The predicted molar refractivity (Wildman–Crippen MR) is 110 cm³/mol. The Hall–Kier alpha value is -1.80. The molecule has 1 heterocycles. The van der Waals surface area contributed by atoms with Gasteiger partial charge in [0.15, 0.2) is 0 Å². The highest BCUT2D eigenvalue weighted by molar-refractivity contribution is 7.89. The maximum Gasteiger partial charge on any atom is 0.244 e. The Morgan fingerprint density at radius 2 is 1.93 bits per heavy atom. The first kappa shape index (κ1) is 20.9. The molecule has 6 nitrogen and oxygen atoms in total. The second-order valence-electron chi connectivity index (χ2n) is 6.52. The van der Waals surface area contributed by atoms with Crippen molar-refractivity contribution in [2.75, 3.05) is 19.0 Å². The van der Waals surface area contributed by atoms with Crippen molar-refractivity contribution in [1.29, 1.82) is 0 Å². The van der Waals surface area contributed by atoms with E-state index in [1.807, 2.05) is 0 Å². The summed E-state index contributed by atoms with van der Waals surface area (Å²) in [5, 5.41) is 3.41. The van der Waals surface area contributed by atoms with Crippen molar-refractivity contribution in [3.63, 3.8) is 0 Å². The molecule has 1 unspecified atom stereocenters. The topological polar surface area (TPSA) is 75.7 Å².